The number of hydrogen-bond acceptors (Lipinski definition) is 6. The van der Waals surface area contributed by atoms with Crippen molar-refractivity contribution in [2.75, 3.05) is 12.4 Å². The van der Waals surface area contributed by atoms with Gasteiger partial charge in [0.15, 0.2) is 5.65 Å². The summed E-state index contributed by atoms with van der Waals surface area (Å²) in [6.07, 6.45) is 1.24. The Morgan fingerprint density at radius 3 is 2.61 bits per heavy atom. The van der Waals surface area contributed by atoms with Crippen molar-refractivity contribution in [3.63, 3.8) is 0 Å². The zero-order valence-electron chi connectivity index (χ0n) is 15.9. The smallest absolute Gasteiger partial charge is 0.342 e. The lowest BCUT2D eigenvalue weighted by atomic mass is 10.1. The fourth-order valence-electron chi connectivity index (χ4n) is 2.63. The van der Waals surface area contributed by atoms with Gasteiger partial charge in [0.05, 0.1) is 23.9 Å². The first-order valence-electron chi connectivity index (χ1n) is 8.47. The van der Waals surface area contributed by atoms with Gasteiger partial charge in [-0.15, -0.1) is 12.4 Å². The van der Waals surface area contributed by atoms with Crippen LogP contribution in [-0.2, 0) is 4.74 Å². The van der Waals surface area contributed by atoms with Crippen molar-refractivity contribution in [1.82, 2.24) is 9.97 Å². The van der Waals surface area contributed by atoms with Crippen LogP contribution in [0.3, 0.4) is 0 Å². The molecular weight excluding hydrogens is 401 g/mol. The lowest BCUT2D eigenvalue weighted by Gasteiger charge is -2.16. The zero-order chi connectivity index (χ0) is 19.6. The number of nitrogens with one attached hydrogen (secondary N) is 1. The lowest BCUT2D eigenvalue weighted by molar-refractivity contribution is 0.0379. The molecule has 0 radical (unpaired) electrons. The number of esters is 1. The van der Waals surface area contributed by atoms with Crippen molar-refractivity contribution in [3.05, 3.63) is 52.8 Å². The van der Waals surface area contributed by atoms with Crippen LogP contribution in [0.2, 0.25) is 5.02 Å². The van der Waals surface area contributed by atoms with Crippen LogP contribution in [-0.4, -0.2) is 29.2 Å². The first kappa shape index (κ1) is 21.7. The van der Waals surface area contributed by atoms with E-state index in [1.165, 1.54) is 6.20 Å². The van der Waals surface area contributed by atoms with Gasteiger partial charge in [-0.05, 0) is 51.1 Å². The molecule has 0 unspecified atom stereocenters. The average Bonchev–Trinajstić information content (AvgIpc) is 2.61. The summed E-state index contributed by atoms with van der Waals surface area (Å²) in [5, 5.41) is 4.43. The zero-order valence-corrected chi connectivity index (χ0v) is 17.5. The summed E-state index contributed by atoms with van der Waals surface area (Å²) in [7, 11) is 1.55. The number of anilines is 2. The van der Waals surface area contributed by atoms with Gasteiger partial charge in [0, 0.05) is 23.0 Å². The van der Waals surface area contributed by atoms with Crippen molar-refractivity contribution in [3.8, 4) is 5.75 Å². The number of carbonyl (C=O) groups excluding carboxylic acids is 1. The van der Waals surface area contributed by atoms with Gasteiger partial charge in [-0.1, -0.05) is 11.6 Å². The molecule has 28 heavy (non-hydrogen) atoms. The molecule has 0 spiro atoms. The standard InChI is InChI=1S/C20H20ClN3O3.ClH/c1-11(2)27-20(25)15-10-22-19-14(7-5-12(3)23-19)18(15)24-13-6-8-17(26-4)16(21)9-13;/h5-11H,1-4H3,(H,22,23,24);1H. The monoisotopic (exact) mass is 421 g/mol. The molecule has 0 saturated heterocycles. The first-order valence-corrected chi connectivity index (χ1v) is 8.84. The summed E-state index contributed by atoms with van der Waals surface area (Å²) in [6.45, 7) is 5.49. The third-order valence-electron chi connectivity index (χ3n) is 3.85. The van der Waals surface area contributed by atoms with Gasteiger partial charge in [-0.2, -0.15) is 0 Å². The van der Waals surface area contributed by atoms with Gasteiger partial charge in [0.1, 0.15) is 11.3 Å². The fourth-order valence-corrected chi connectivity index (χ4v) is 2.89. The Hall–Kier alpha value is -2.57. The number of hydrogen-bond donors (Lipinski definition) is 1. The van der Waals surface area contributed by atoms with Crippen molar-refractivity contribution in [1.29, 1.82) is 0 Å². The van der Waals surface area contributed by atoms with Crippen LogP contribution in [0.1, 0.15) is 29.9 Å². The molecule has 0 saturated carbocycles. The minimum Gasteiger partial charge on any atom is -0.495 e. The van der Waals surface area contributed by atoms with E-state index in [1.807, 2.05) is 25.1 Å². The summed E-state index contributed by atoms with van der Waals surface area (Å²) in [6, 6.07) is 9.04. The van der Waals surface area contributed by atoms with Gasteiger partial charge in [-0.25, -0.2) is 14.8 Å². The molecule has 8 heteroatoms. The Labute approximate surface area is 174 Å². The topological polar surface area (TPSA) is 73.3 Å². The summed E-state index contributed by atoms with van der Waals surface area (Å²) >= 11 is 6.22. The summed E-state index contributed by atoms with van der Waals surface area (Å²) in [4.78, 5) is 21.3. The number of nitrogens with zero attached hydrogens (tertiary/aromatic N) is 2. The van der Waals surface area contributed by atoms with Crippen molar-refractivity contribution >= 4 is 52.4 Å². The minimum absolute atomic E-state index is 0. The van der Waals surface area contributed by atoms with Gasteiger partial charge in [-0.3, -0.25) is 0 Å². The molecule has 2 aromatic heterocycles. The summed E-state index contributed by atoms with van der Waals surface area (Å²) in [5.74, 6) is 0.112. The van der Waals surface area contributed by atoms with Gasteiger partial charge in [0.25, 0.3) is 0 Å². The molecule has 0 aliphatic heterocycles. The van der Waals surface area contributed by atoms with Crippen LogP contribution < -0.4 is 10.1 Å². The second kappa shape index (κ2) is 9.08. The maximum Gasteiger partial charge on any atom is 0.342 e. The third-order valence-corrected chi connectivity index (χ3v) is 4.15. The Bertz CT molecular complexity index is 1010. The highest BCUT2D eigenvalue weighted by Crippen LogP contribution is 2.33. The molecule has 148 valence electrons. The van der Waals surface area contributed by atoms with E-state index < -0.39 is 5.97 Å². The van der Waals surface area contributed by atoms with Gasteiger partial charge < -0.3 is 14.8 Å². The normalized spacial score (nSPS) is 10.5. The van der Waals surface area contributed by atoms with Crippen LogP contribution in [0.4, 0.5) is 11.4 Å². The number of pyridine rings is 2. The van der Waals surface area contributed by atoms with E-state index in [0.717, 1.165) is 5.69 Å². The maximum atomic E-state index is 12.6. The Balaban J connectivity index is 0.00000280. The lowest BCUT2D eigenvalue weighted by Crippen LogP contribution is -2.14. The highest BCUT2D eigenvalue weighted by atomic mass is 35.5. The van der Waals surface area contributed by atoms with E-state index in [4.69, 9.17) is 21.1 Å². The predicted octanol–water partition coefficient (Wildman–Crippen LogP) is 5.33. The van der Waals surface area contributed by atoms with Crippen LogP contribution in [0, 0.1) is 6.92 Å². The summed E-state index contributed by atoms with van der Waals surface area (Å²) in [5.41, 5.74) is 2.98. The first-order chi connectivity index (χ1) is 12.9. The Morgan fingerprint density at radius 1 is 1.21 bits per heavy atom. The maximum absolute atomic E-state index is 12.6. The van der Waals surface area contributed by atoms with E-state index >= 15 is 0 Å². The number of ether oxygens (including phenoxy) is 2. The van der Waals surface area contributed by atoms with Crippen LogP contribution in [0.15, 0.2) is 36.5 Å². The molecule has 0 aliphatic carbocycles. The van der Waals surface area contributed by atoms with E-state index in [9.17, 15) is 4.79 Å². The minimum atomic E-state index is -0.456. The van der Waals surface area contributed by atoms with Gasteiger partial charge in [0.2, 0.25) is 0 Å². The number of aryl methyl sites for hydroxylation is 1. The number of benzene rings is 1. The van der Waals surface area contributed by atoms with Crippen molar-refractivity contribution in [2.45, 2.75) is 26.9 Å². The number of carbonyl (C=O) groups is 1. The molecule has 1 aromatic carbocycles. The van der Waals surface area contributed by atoms with E-state index in [2.05, 4.69) is 15.3 Å². The molecule has 3 rings (SSSR count). The molecule has 0 amide bonds. The number of aromatic nitrogens is 2. The van der Waals surface area contributed by atoms with E-state index in [-0.39, 0.29) is 18.5 Å². The molecular formula is C20H21Cl2N3O3. The molecule has 1 N–H and O–H groups in total. The molecule has 0 fully saturated rings. The largest absolute Gasteiger partial charge is 0.495 e. The van der Waals surface area contributed by atoms with Crippen LogP contribution in [0.25, 0.3) is 11.0 Å². The molecule has 3 aromatic rings. The molecule has 0 atom stereocenters. The molecule has 2 heterocycles. The fraction of sp³-hybridized carbons (Fsp3) is 0.250. The number of methoxy groups -OCH3 is 1. The SMILES string of the molecule is COc1ccc(Nc2c(C(=O)OC(C)C)cnc3nc(C)ccc23)cc1Cl.Cl. The van der Waals surface area contributed by atoms with Crippen molar-refractivity contribution < 1.29 is 14.3 Å². The highest BCUT2D eigenvalue weighted by molar-refractivity contribution is 6.32. The van der Waals surface area contributed by atoms with Crippen LogP contribution in [0.5, 0.6) is 5.75 Å². The molecule has 0 bridgehead atoms. The quantitative estimate of drug-likeness (QED) is 0.561. The second-order valence-electron chi connectivity index (χ2n) is 6.30. The third kappa shape index (κ3) is 4.64. The van der Waals surface area contributed by atoms with E-state index in [0.29, 0.717) is 38.7 Å². The van der Waals surface area contributed by atoms with Gasteiger partial charge >= 0.3 is 5.97 Å². The van der Waals surface area contributed by atoms with Crippen LogP contribution >= 0.6 is 24.0 Å². The number of halogens is 2. The Kier molecular flexibility index (Phi) is 7.05. The highest BCUT2D eigenvalue weighted by Gasteiger charge is 2.19. The Morgan fingerprint density at radius 2 is 1.96 bits per heavy atom. The summed E-state index contributed by atoms with van der Waals surface area (Å²) < 4.78 is 10.5. The number of rotatable bonds is 5. The predicted molar refractivity (Wildman–Crippen MR) is 113 cm³/mol. The van der Waals surface area contributed by atoms with E-state index in [1.54, 1.807) is 33.1 Å². The second-order valence-corrected chi connectivity index (χ2v) is 6.71. The number of fused-ring (bicyclic) bond motifs is 1. The molecule has 0 aliphatic rings. The van der Waals surface area contributed by atoms with Crippen molar-refractivity contribution in [2.24, 2.45) is 0 Å². The average molecular weight is 422 g/mol. The molecule has 6 nitrogen and oxygen atoms in total.